The van der Waals surface area contributed by atoms with Gasteiger partial charge in [-0.3, -0.25) is 0 Å². The van der Waals surface area contributed by atoms with Gasteiger partial charge in [0.1, 0.15) is 0 Å². The predicted octanol–water partition coefficient (Wildman–Crippen LogP) is 1.86. The van der Waals surface area contributed by atoms with Crippen molar-refractivity contribution in [1.29, 1.82) is 0 Å². The fourth-order valence-electron chi connectivity index (χ4n) is 5.36. The molecule has 2 aromatic rings. The van der Waals surface area contributed by atoms with Gasteiger partial charge in [0, 0.05) is 0 Å². The van der Waals surface area contributed by atoms with Crippen molar-refractivity contribution in [2.75, 3.05) is 0 Å². The van der Waals surface area contributed by atoms with E-state index in [0.717, 1.165) is 0 Å². The summed E-state index contributed by atoms with van der Waals surface area (Å²) < 4.78 is 3.18. The van der Waals surface area contributed by atoms with Gasteiger partial charge < -0.3 is 24.8 Å². The van der Waals surface area contributed by atoms with Gasteiger partial charge in [-0.2, -0.15) is 0 Å². The fourth-order valence-corrected chi connectivity index (χ4v) is 25.5. The number of benzene rings is 2. The summed E-state index contributed by atoms with van der Waals surface area (Å²) in [6, 6.07) is 18.6. The third-order valence-corrected chi connectivity index (χ3v) is 21.5. The van der Waals surface area contributed by atoms with Crippen LogP contribution in [0.5, 0.6) is 0 Å². The van der Waals surface area contributed by atoms with E-state index in [1.807, 2.05) is 10.4 Å². The number of fused-ring (bicyclic) bond motifs is 2. The van der Waals surface area contributed by atoms with Gasteiger partial charge in [0.2, 0.25) is 0 Å². The average Bonchev–Trinajstić information content (AvgIpc) is 3.22. The minimum atomic E-state index is -2.13. The van der Waals surface area contributed by atoms with Crippen molar-refractivity contribution in [3.63, 3.8) is 0 Å². The molecule has 0 saturated carbocycles. The van der Waals surface area contributed by atoms with Crippen LogP contribution in [0.2, 0.25) is 39.3 Å². The Morgan fingerprint density at radius 3 is 1.28 bits per heavy atom. The Morgan fingerprint density at radius 2 is 0.969 bits per heavy atom. The summed E-state index contributed by atoms with van der Waals surface area (Å²) in [5.74, 6) is 0. The molecule has 0 heterocycles. The van der Waals surface area contributed by atoms with Crippen molar-refractivity contribution in [3.8, 4) is 0 Å². The molecule has 0 bridgehead atoms. The van der Waals surface area contributed by atoms with Crippen LogP contribution in [-0.4, -0.2) is 19.4 Å². The third kappa shape index (κ3) is 5.03. The summed E-state index contributed by atoms with van der Waals surface area (Å²) in [7, 11) is -2.83. The Morgan fingerprint density at radius 1 is 0.625 bits per heavy atom. The molecule has 2 aliphatic carbocycles. The van der Waals surface area contributed by atoms with Crippen LogP contribution in [-0.2, 0) is 21.3 Å². The first-order valence-corrected chi connectivity index (χ1v) is 22.4. The molecule has 0 fully saturated rings. The smallest absolute Gasteiger partial charge is 1.00 e. The molecule has 0 amide bonds. The number of hydrogen-bond acceptors (Lipinski definition) is 0. The summed E-state index contributed by atoms with van der Waals surface area (Å²) in [5.41, 5.74) is 6.29. The van der Waals surface area contributed by atoms with E-state index in [2.05, 4.69) is 114 Å². The normalized spacial score (nSPS) is 18.8. The first-order chi connectivity index (χ1) is 14.0. The van der Waals surface area contributed by atoms with Crippen LogP contribution in [0.15, 0.2) is 58.9 Å². The van der Waals surface area contributed by atoms with E-state index in [1.54, 1.807) is 14.3 Å². The molecular formula is C27H36Cl2Si2Zr. The van der Waals surface area contributed by atoms with Gasteiger partial charge in [-0.15, -0.1) is 0 Å². The summed E-state index contributed by atoms with van der Waals surface area (Å²) in [6.07, 6.45) is 5.21. The average molecular weight is 579 g/mol. The number of allylic oxidation sites excluding steroid dienone is 2. The summed E-state index contributed by atoms with van der Waals surface area (Å²) in [4.78, 5) is 0. The van der Waals surface area contributed by atoms with Crippen LogP contribution in [0.3, 0.4) is 0 Å². The van der Waals surface area contributed by atoms with Crippen LogP contribution in [0.4, 0.5) is 0 Å². The Hall–Kier alpha value is -0.313. The fraction of sp³-hybridized carbons (Fsp3) is 0.370. The topological polar surface area (TPSA) is 0 Å². The van der Waals surface area contributed by atoms with Gasteiger partial charge in [0.15, 0.2) is 0 Å². The van der Waals surface area contributed by atoms with Gasteiger partial charge in [-0.1, -0.05) is 0 Å². The zero-order valence-electron chi connectivity index (χ0n) is 20.7. The van der Waals surface area contributed by atoms with E-state index >= 15 is 0 Å². The third-order valence-electron chi connectivity index (χ3n) is 6.79. The Labute approximate surface area is 217 Å². The monoisotopic (exact) mass is 576 g/mol. The van der Waals surface area contributed by atoms with Gasteiger partial charge in [-0.25, -0.2) is 0 Å². The molecule has 0 nitrogen and oxygen atoms in total. The van der Waals surface area contributed by atoms with E-state index in [1.165, 1.54) is 11.1 Å². The van der Waals surface area contributed by atoms with Crippen LogP contribution < -0.4 is 24.8 Å². The second kappa shape index (κ2) is 10.1. The molecule has 2 aromatic carbocycles. The van der Waals surface area contributed by atoms with Crippen molar-refractivity contribution < 1.29 is 46.1 Å². The van der Waals surface area contributed by atoms with Gasteiger partial charge in [0.05, 0.1) is 0 Å². The summed E-state index contributed by atoms with van der Waals surface area (Å²) in [5, 5.41) is 3.64. The zero-order chi connectivity index (χ0) is 21.8. The van der Waals surface area contributed by atoms with Crippen molar-refractivity contribution >= 4 is 31.5 Å². The standard InChI is InChI=1S/2C12H15Si.C3H6.2ClH.Zr/c2*1-13(2,3)12-8-10-6-4-5-7-11(10)9-12;1-3-2;;;/h2*4-9H,1-3H3;1-2H3;2*1H;/q;;;;;+2/p-2. The van der Waals surface area contributed by atoms with E-state index in [4.69, 9.17) is 0 Å². The molecule has 2 aliphatic rings. The first kappa shape index (κ1) is 27.9. The van der Waals surface area contributed by atoms with Gasteiger partial charge in [-0.05, 0) is 0 Å². The van der Waals surface area contributed by atoms with Crippen LogP contribution >= 0.6 is 0 Å². The number of halogens is 2. The van der Waals surface area contributed by atoms with Crippen LogP contribution in [0, 0.1) is 0 Å². The molecule has 0 radical (unpaired) electrons. The molecule has 0 N–H and O–H groups in total. The molecule has 32 heavy (non-hydrogen) atoms. The SMILES string of the molecule is C[C](C)=[Zr+2]([CH]1C([Si](C)(C)C)=Cc2ccccc21)[CH]1C([Si](C)(C)C)=Cc2ccccc21.[Cl-].[Cl-]. The number of hydrogen-bond donors (Lipinski definition) is 0. The van der Waals surface area contributed by atoms with Crippen molar-refractivity contribution in [1.82, 2.24) is 0 Å². The van der Waals surface area contributed by atoms with E-state index in [0.29, 0.717) is 7.25 Å². The minimum Gasteiger partial charge on any atom is -1.00 e. The maximum atomic E-state index is 2.61. The first-order valence-electron chi connectivity index (χ1n) is 11.3. The molecule has 170 valence electrons. The molecule has 5 heteroatoms. The molecule has 0 spiro atoms. The zero-order valence-corrected chi connectivity index (χ0v) is 26.7. The minimum absolute atomic E-state index is 0. The van der Waals surface area contributed by atoms with E-state index < -0.39 is 37.4 Å². The Kier molecular flexibility index (Phi) is 8.84. The quantitative estimate of drug-likeness (QED) is 0.486. The predicted molar refractivity (Wildman–Crippen MR) is 137 cm³/mol. The number of rotatable bonds is 4. The molecule has 0 aliphatic heterocycles. The second-order valence-corrected chi connectivity index (χ2v) is 29.0. The second-order valence-electron chi connectivity index (χ2n) is 11.3. The molecule has 0 aromatic heterocycles. The van der Waals surface area contributed by atoms with Crippen molar-refractivity contribution in [3.05, 3.63) is 81.2 Å². The molecule has 4 rings (SSSR count). The maximum Gasteiger partial charge on any atom is -1.00 e. The van der Waals surface area contributed by atoms with Crippen LogP contribution in [0.1, 0.15) is 43.4 Å². The summed E-state index contributed by atoms with van der Waals surface area (Å²) >= 11 is -2.13. The van der Waals surface area contributed by atoms with E-state index in [-0.39, 0.29) is 24.8 Å². The molecule has 2 unspecified atom stereocenters. The largest absolute Gasteiger partial charge is 1.00 e. The van der Waals surface area contributed by atoms with Crippen molar-refractivity contribution in [2.24, 2.45) is 0 Å². The maximum absolute atomic E-state index is 2.61. The molecule has 2 atom stereocenters. The Bertz CT molecular complexity index is 1020. The summed E-state index contributed by atoms with van der Waals surface area (Å²) in [6.45, 7) is 20.3. The van der Waals surface area contributed by atoms with Gasteiger partial charge >= 0.3 is 194 Å². The van der Waals surface area contributed by atoms with Crippen LogP contribution in [0.25, 0.3) is 12.2 Å². The van der Waals surface area contributed by atoms with E-state index in [9.17, 15) is 0 Å². The molecular weight excluding hydrogens is 543 g/mol. The van der Waals surface area contributed by atoms with Crippen molar-refractivity contribution in [2.45, 2.75) is 60.4 Å². The van der Waals surface area contributed by atoms with Gasteiger partial charge in [0.25, 0.3) is 0 Å². The molecule has 0 saturated heterocycles. The Balaban J connectivity index is 0.00000181.